The van der Waals surface area contributed by atoms with E-state index in [0.29, 0.717) is 11.7 Å². The van der Waals surface area contributed by atoms with Crippen molar-refractivity contribution in [2.75, 3.05) is 5.75 Å². The summed E-state index contributed by atoms with van der Waals surface area (Å²) in [5.41, 5.74) is 0. The highest BCUT2D eigenvalue weighted by molar-refractivity contribution is 8.00. The van der Waals surface area contributed by atoms with Crippen LogP contribution in [-0.4, -0.2) is 11.0 Å². The van der Waals surface area contributed by atoms with Gasteiger partial charge in [0.2, 0.25) is 0 Å². The quantitative estimate of drug-likeness (QED) is 0.560. The van der Waals surface area contributed by atoms with Gasteiger partial charge in [-0.25, -0.2) is 0 Å². The van der Waals surface area contributed by atoms with E-state index in [1.165, 1.54) is 0 Å². The van der Waals surface area contributed by atoms with Crippen LogP contribution in [0.1, 0.15) is 13.3 Å². The van der Waals surface area contributed by atoms with Gasteiger partial charge in [0, 0.05) is 17.4 Å². The lowest BCUT2D eigenvalue weighted by atomic mass is 10.4. The van der Waals surface area contributed by atoms with Crippen LogP contribution < -0.4 is 0 Å². The fourth-order valence-corrected chi connectivity index (χ4v) is 1.08. The van der Waals surface area contributed by atoms with E-state index in [1.54, 1.807) is 11.8 Å². The van der Waals surface area contributed by atoms with Crippen LogP contribution in [0.25, 0.3) is 0 Å². The van der Waals surface area contributed by atoms with Crippen molar-refractivity contribution in [2.45, 2.75) is 18.6 Å². The molecule has 50 valence electrons. The van der Waals surface area contributed by atoms with E-state index >= 15 is 0 Å². The summed E-state index contributed by atoms with van der Waals surface area (Å²) in [7, 11) is 0. The first-order valence-electron chi connectivity index (χ1n) is 2.90. The maximum Gasteiger partial charge on any atom is 0.0633 e. The fourth-order valence-electron chi connectivity index (χ4n) is 0.420. The summed E-state index contributed by atoms with van der Waals surface area (Å²) >= 11 is 1.76. The van der Waals surface area contributed by atoms with Gasteiger partial charge in [-0.2, -0.15) is 17.0 Å². The van der Waals surface area contributed by atoms with E-state index in [9.17, 15) is 0 Å². The molecule has 1 nitrogen and oxygen atoms in total. The molecule has 0 heterocycles. The Morgan fingerprint density at radius 3 is 3.00 bits per heavy atom. The first-order valence-corrected chi connectivity index (χ1v) is 3.95. The second-order valence-electron chi connectivity index (χ2n) is 1.79. The van der Waals surface area contributed by atoms with Gasteiger partial charge in [-0.05, 0) is 0 Å². The molecule has 0 fully saturated rings. The summed E-state index contributed by atoms with van der Waals surface area (Å²) in [4.78, 5) is 0. The Labute approximate surface area is 60.8 Å². The van der Waals surface area contributed by atoms with Crippen LogP contribution in [-0.2, 0) is 0 Å². The van der Waals surface area contributed by atoms with Gasteiger partial charge in [0.05, 0.1) is 6.07 Å². The Morgan fingerprint density at radius 1 is 1.89 bits per heavy atom. The zero-order chi connectivity index (χ0) is 7.11. The van der Waals surface area contributed by atoms with Gasteiger partial charge < -0.3 is 0 Å². The van der Waals surface area contributed by atoms with E-state index in [1.807, 2.05) is 6.08 Å². The molecule has 0 aliphatic carbocycles. The zero-order valence-electron chi connectivity index (χ0n) is 5.63. The Morgan fingerprint density at radius 2 is 2.56 bits per heavy atom. The Kier molecular flexibility index (Phi) is 5.45. The average Bonchev–Trinajstić information content (AvgIpc) is 1.85. The maximum atomic E-state index is 8.25. The summed E-state index contributed by atoms with van der Waals surface area (Å²) in [6.07, 6.45) is 2.50. The minimum absolute atomic E-state index is 0.452. The molecule has 1 atom stereocenters. The molecule has 0 N–H and O–H groups in total. The molecule has 0 aromatic heterocycles. The minimum atomic E-state index is 0.452. The predicted octanol–water partition coefficient (Wildman–Crippen LogP) is 2.21. The monoisotopic (exact) mass is 141 g/mol. The molecule has 0 amide bonds. The molecule has 0 aromatic carbocycles. The summed E-state index contributed by atoms with van der Waals surface area (Å²) < 4.78 is 0. The van der Waals surface area contributed by atoms with Crippen LogP contribution in [0.15, 0.2) is 12.7 Å². The molecule has 2 heteroatoms. The second-order valence-corrected chi connectivity index (χ2v) is 3.27. The van der Waals surface area contributed by atoms with Gasteiger partial charge >= 0.3 is 0 Å². The number of hydrogen-bond donors (Lipinski definition) is 0. The van der Waals surface area contributed by atoms with Gasteiger partial charge in [0.1, 0.15) is 0 Å². The van der Waals surface area contributed by atoms with Crippen LogP contribution in [0.5, 0.6) is 0 Å². The van der Waals surface area contributed by atoms with E-state index in [4.69, 9.17) is 5.26 Å². The lowest BCUT2D eigenvalue weighted by Gasteiger charge is -2.01. The Bertz CT molecular complexity index is 115. The third kappa shape index (κ3) is 5.45. The van der Waals surface area contributed by atoms with Gasteiger partial charge in [-0.15, -0.1) is 6.58 Å². The standard InChI is InChI=1S/C7H11NS/c1-3-6-9-7(2)4-5-8/h3,7H,1,4,6H2,2H3. The number of nitriles is 1. The predicted molar refractivity (Wildman–Crippen MR) is 42.3 cm³/mol. The minimum Gasteiger partial charge on any atom is -0.198 e. The zero-order valence-corrected chi connectivity index (χ0v) is 6.45. The number of nitrogens with zero attached hydrogens (tertiary/aromatic N) is 1. The molecule has 0 saturated heterocycles. The summed E-state index contributed by atoms with van der Waals surface area (Å²) in [5.74, 6) is 0.947. The van der Waals surface area contributed by atoms with Crippen molar-refractivity contribution >= 4 is 11.8 Å². The smallest absolute Gasteiger partial charge is 0.0633 e. The molecule has 0 saturated carbocycles. The van der Waals surface area contributed by atoms with Gasteiger partial charge in [-0.3, -0.25) is 0 Å². The van der Waals surface area contributed by atoms with Gasteiger partial charge in [0.25, 0.3) is 0 Å². The van der Waals surface area contributed by atoms with E-state index in [-0.39, 0.29) is 0 Å². The van der Waals surface area contributed by atoms with Gasteiger partial charge in [-0.1, -0.05) is 13.0 Å². The van der Waals surface area contributed by atoms with E-state index in [0.717, 1.165) is 5.75 Å². The fraction of sp³-hybridized carbons (Fsp3) is 0.571. The highest BCUT2D eigenvalue weighted by Crippen LogP contribution is 2.12. The normalized spacial score (nSPS) is 12.0. The number of rotatable bonds is 4. The third-order valence-electron chi connectivity index (χ3n) is 0.877. The van der Waals surface area contributed by atoms with E-state index < -0.39 is 0 Å². The molecule has 0 aliphatic rings. The van der Waals surface area contributed by atoms with Crippen molar-refractivity contribution in [3.8, 4) is 6.07 Å². The highest BCUT2D eigenvalue weighted by atomic mass is 32.2. The van der Waals surface area contributed by atoms with Crippen LogP contribution in [0.3, 0.4) is 0 Å². The van der Waals surface area contributed by atoms with Crippen LogP contribution in [0.2, 0.25) is 0 Å². The van der Waals surface area contributed by atoms with Crippen molar-refractivity contribution in [1.82, 2.24) is 0 Å². The Balaban J connectivity index is 3.17. The Hall–Kier alpha value is -0.420. The topological polar surface area (TPSA) is 23.8 Å². The summed E-state index contributed by atoms with van der Waals surface area (Å²) in [6.45, 7) is 5.64. The maximum absolute atomic E-state index is 8.25. The van der Waals surface area contributed by atoms with Crippen LogP contribution in [0.4, 0.5) is 0 Å². The largest absolute Gasteiger partial charge is 0.198 e. The van der Waals surface area contributed by atoms with Crippen molar-refractivity contribution in [3.63, 3.8) is 0 Å². The third-order valence-corrected chi connectivity index (χ3v) is 2.04. The van der Waals surface area contributed by atoms with Crippen LogP contribution in [0, 0.1) is 11.3 Å². The molecule has 9 heavy (non-hydrogen) atoms. The molecule has 0 rings (SSSR count). The molecule has 0 aliphatic heterocycles. The van der Waals surface area contributed by atoms with Crippen molar-refractivity contribution < 1.29 is 0 Å². The summed E-state index contributed by atoms with van der Waals surface area (Å²) in [5, 5.41) is 8.70. The molecule has 1 unspecified atom stereocenters. The molecular weight excluding hydrogens is 130 g/mol. The first-order chi connectivity index (χ1) is 4.31. The highest BCUT2D eigenvalue weighted by Gasteiger charge is 1.97. The lowest BCUT2D eigenvalue weighted by molar-refractivity contribution is 0.992. The molecule has 0 bridgehead atoms. The van der Waals surface area contributed by atoms with Crippen molar-refractivity contribution in [3.05, 3.63) is 12.7 Å². The molecule has 0 radical (unpaired) electrons. The van der Waals surface area contributed by atoms with Gasteiger partial charge in [0.15, 0.2) is 0 Å². The lowest BCUT2D eigenvalue weighted by Crippen LogP contribution is -1.93. The van der Waals surface area contributed by atoms with Crippen molar-refractivity contribution in [1.29, 1.82) is 5.26 Å². The average molecular weight is 141 g/mol. The van der Waals surface area contributed by atoms with Crippen molar-refractivity contribution in [2.24, 2.45) is 0 Å². The van der Waals surface area contributed by atoms with E-state index in [2.05, 4.69) is 19.6 Å². The second kappa shape index (κ2) is 5.71. The molecular formula is C7H11NS. The summed E-state index contributed by atoms with van der Waals surface area (Å²) in [6, 6.07) is 2.12. The molecule has 0 spiro atoms. The number of hydrogen-bond acceptors (Lipinski definition) is 2. The SMILES string of the molecule is C=CCSC(C)CC#N. The number of thioether (sulfide) groups is 1. The molecule has 0 aromatic rings. The van der Waals surface area contributed by atoms with Crippen LogP contribution >= 0.6 is 11.8 Å². The first kappa shape index (κ1) is 8.58.